The number of rotatable bonds is 19. The molecule has 0 spiro atoms. The summed E-state index contributed by atoms with van der Waals surface area (Å²) < 4.78 is 133. The van der Waals surface area contributed by atoms with Gasteiger partial charge in [0.15, 0.2) is 48.3 Å². The average molecular weight is 1120 g/mol. The highest BCUT2D eigenvalue weighted by atomic mass is 19.4. The SMILES string of the molecule is COC(=O)CC(NC(=O)CC(NC(=O)CC(NC(=O)CC(N)[C@H]1O[C@@H]2OC(C)(C)O[C@@H]2[C@H]1OC)[C@H]1O[C@@H]2OC(C)(C)O[C@@H]2[C@H]1OC)[C@H]1O[C@@H]2OC(C)(C)O[C@@H]2[C@H]1OC)[C@H]1O[C@@H]2OC(C)(C)O[C@@H]2[C@H]1OC.O=C(O)C(F)(F)F. The van der Waals surface area contributed by atoms with Gasteiger partial charge < -0.3 is 107 Å². The van der Waals surface area contributed by atoms with Crippen LogP contribution in [-0.4, -0.2) is 222 Å². The highest BCUT2D eigenvalue weighted by Crippen LogP contribution is 2.44. The smallest absolute Gasteiger partial charge is 0.475 e. The van der Waals surface area contributed by atoms with Gasteiger partial charge in [-0.3, -0.25) is 19.2 Å². The van der Waals surface area contributed by atoms with Crippen LogP contribution in [0.1, 0.15) is 81.1 Å². The first kappa shape index (κ1) is 61.1. The molecule has 3 amide bonds. The van der Waals surface area contributed by atoms with E-state index in [4.69, 9.17) is 96.2 Å². The Morgan fingerprint density at radius 1 is 0.481 bits per heavy atom. The van der Waals surface area contributed by atoms with Crippen molar-refractivity contribution in [1.29, 1.82) is 0 Å². The van der Waals surface area contributed by atoms with E-state index in [1.807, 2.05) is 0 Å². The summed E-state index contributed by atoms with van der Waals surface area (Å²) in [4.78, 5) is 64.9. The summed E-state index contributed by atoms with van der Waals surface area (Å²) in [5.41, 5.74) is 6.64. The number of nitrogens with one attached hydrogen (secondary N) is 3. The van der Waals surface area contributed by atoms with E-state index in [-0.39, 0.29) is 12.8 Å². The second kappa shape index (κ2) is 23.5. The lowest BCUT2D eigenvalue weighted by Crippen LogP contribution is -2.57. The fourth-order valence-corrected chi connectivity index (χ4v) is 10.9. The number of ether oxygens (including phenoxy) is 17. The van der Waals surface area contributed by atoms with E-state index in [0.29, 0.717) is 0 Å². The van der Waals surface area contributed by atoms with Crippen molar-refractivity contribution < 1.29 is 123 Å². The third kappa shape index (κ3) is 14.0. The summed E-state index contributed by atoms with van der Waals surface area (Å²) in [6, 6.07) is -4.14. The number of hydrogen-bond acceptors (Lipinski definition) is 23. The Labute approximate surface area is 442 Å². The second-order valence-corrected chi connectivity index (χ2v) is 21.5. The molecule has 0 saturated carbocycles. The van der Waals surface area contributed by atoms with Gasteiger partial charge in [0.05, 0.1) is 31.7 Å². The van der Waals surface area contributed by atoms with Crippen molar-refractivity contribution in [3.63, 3.8) is 0 Å². The van der Waals surface area contributed by atoms with Crippen LogP contribution in [0.2, 0.25) is 0 Å². The molecule has 0 bridgehead atoms. The molecule has 0 radical (unpaired) electrons. The Morgan fingerprint density at radius 3 is 1.01 bits per heavy atom. The van der Waals surface area contributed by atoms with E-state index in [1.54, 1.807) is 55.4 Å². The highest BCUT2D eigenvalue weighted by molar-refractivity contribution is 5.82. The summed E-state index contributed by atoms with van der Waals surface area (Å²) in [7, 11) is 7.10. The number of nitrogens with two attached hydrogens (primary N) is 1. The van der Waals surface area contributed by atoms with Crippen molar-refractivity contribution in [1.82, 2.24) is 16.0 Å². The average Bonchev–Trinajstić information content (AvgIpc) is 4.19. The topological polar surface area (TPSA) is 325 Å². The fourth-order valence-electron chi connectivity index (χ4n) is 10.9. The summed E-state index contributed by atoms with van der Waals surface area (Å²) in [6.45, 7) is 13.9. The van der Waals surface area contributed by atoms with Gasteiger partial charge in [-0.25, -0.2) is 4.79 Å². The second-order valence-electron chi connectivity index (χ2n) is 21.5. The molecule has 27 nitrogen and oxygen atoms in total. The summed E-state index contributed by atoms with van der Waals surface area (Å²) in [6.07, 6.45) is -19.4. The minimum absolute atomic E-state index is 0.269. The number of amides is 3. The zero-order valence-electron chi connectivity index (χ0n) is 45.0. The molecule has 20 atom stereocenters. The molecule has 4 unspecified atom stereocenters. The summed E-state index contributed by atoms with van der Waals surface area (Å²) in [5, 5.41) is 16.0. The van der Waals surface area contributed by atoms with Crippen LogP contribution in [0, 0.1) is 0 Å². The van der Waals surface area contributed by atoms with Gasteiger partial charge in [-0.1, -0.05) is 0 Å². The molecule has 77 heavy (non-hydrogen) atoms. The molecule has 8 aliphatic heterocycles. The molecule has 8 heterocycles. The molecular formula is C47H73F3N4O23. The van der Waals surface area contributed by atoms with Gasteiger partial charge in [-0.2, -0.15) is 13.2 Å². The number of aliphatic carboxylic acids is 1. The number of carbonyl (C=O) groups is 5. The van der Waals surface area contributed by atoms with E-state index >= 15 is 0 Å². The van der Waals surface area contributed by atoms with E-state index in [0.717, 1.165) is 0 Å². The normalized spacial score (nSPS) is 38.2. The first-order valence-electron chi connectivity index (χ1n) is 25.0. The molecule has 6 N–H and O–H groups in total. The van der Waals surface area contributed by atoms with Crippen molar-refractivity contribution in [3.8, 4) is 0 Å². The zero-order chi connectivity index (χ0) is 56.9. The Hall–Kier alpha value is -3.54. The molecule has 8 rings (SSSR count). The van der Waals surface area contributed by atoms with Crippen LogP contribution < -0.4 is 21.7 Å². The molecule has 440 valence electrons. The minimum atomic E-state index is -5.08. The molecule has 0 aromatic rings. The monoisotopic (exact) mass is 1120 g/mol. The van der Waals surface area contributed by atoms with Crippen molar-refractivity contribution in [3.05, 3.63) is 0 Å². The number of carboxylic acids is 1. The van der Waals surface area contributed by atoms with Crippen LogP contribution in [0.4, 0.5) is 13.2 Å². The zero-order valence-corrected chi connectivity index (χ0v) is 45.0. The van der Waals surface area contributed by atoms with Gasteiger partial charge in [0, 0.05) is 53.7 Å². The Kier molecular flexibility index (Phi) is 18.6. The highest BCUT2D eigenvalue weighted by Gasteiger charge is 2.61. The largest absolute Gasteiger partial charge is 0.490 e. The van der Waals surface area contributed by atoms with E-state index in [9.17, 15) is 32.3 Å². The van der Waals surface area contributed by atoms with Crippen molar-refractivity contribution >= 4 is 29.7 Å². The van der Waals surface area contributed by atoms with Crippen LogP contribution in [0.5, 0.6) is 0 Å². The number of halogens is 3. The van der Waals surface area contributed by atoms with Gasteiger partial charge in [-0.15, -0.1) is 0 Å². The number of methoxy groups -OCH3 is 5. The number of fused-ring (bicyclic) bond motifs is 4. The molecule has 30 heteroatoms. The van der Waals surface area contributed by atoms with E-state index in [1.165, 1.54) is 35.5 Å². The summed E-state index contributed by atoms with van der Waals surface area (Å²) >= 11 is 0. The van der Waals surface area contributed by atoms with Gasteiger partial charge in [0.2, 0.25) is 17.7 Å². The van der Waals surface area contributed by atoms with Crippen LogP contribution >= 0.6 is 0 Å². The molecular weight excluding hydrogens is 1050 g/mol. The van der Waals surface area contributed by atoms with Gasteiger partial charge >= 0.3 is 18.1 Å². The molecule has 0 aromatic carbocycles. The number of esters is 1. The van der Waals surface area contributed by atoms with Gasteiger partial charge in [0.25, 0.3) is 0 Å². The lowest BCUT2D eigenvalue weighted by molar-refractivity contribution is -0.221. The van der Waals surface area contributed by atoms with Crippen LogP contribution in [0.3, 0.4) is 0 Å². The lowest BCUT2D eigenvalue weighted by Gasteiger charge is -2.34. The molecule has 8 saturated heterocycles. The summed E-state index contributed by atoms with van der Waals surface area (Å²) in [5.74, 6) is -9.11. The van der Waals surface area contributed by atoms with Crippen LogP contribution in [-0.2, 0) is 104 Å². The predicted molar refractivity (Wildman–Crippen MR) is 246 cm³/mol. The molecule has 8 fully saturated rings. The van der Waals surface area contributed by atoms with E-state index < -0.39 is 194 Å². The first-order chi connectivity index (χ1) is 35.8. The number of alkyl halides is 3. The standard InChI is InChI=1S/C45H72N4O21.C2HF3O2/c1-42(2)63-34-30(55-10)26(59-38(34)67-42)18(46)14-22(50)47-19(27-31(56-11)35-39(60-27)68-43(3,4)64-35)15-23(51)48-20(28-32(57-12)36-40(61-28)69-44(5,6)65-36)16-24(52)49-21(17-25(53)54-9)29-33(58-13)37-41(62-29)70-45(7,8)66-37;3-2(4,5)1(6)7/h18-21,26-41H,14-17,46H2,1-13H3,(H,47,50)(H,48,51)(H,49,52);(H,6,7)/t18?,19?,20?,21?,26-,27-,28-,29-,30+,31+,32+,33+,34-,35-,36-,37-,38-,39-,40-,41-;/m1./s1. The number of carboxylic acid groups (broad SMARTS) is 1. The number of carbonyl (C=O) groups excluding carboxylic acids is 4. The fraction of sp³-hybridized carbons (Fsp3) is 0.894. The van der Waals surface area contributed by atoms with E-state index in [2.05, 4.69) is 16.0 Å². The Balaban J connectivity index is 0.00000115. The van der Waals surface area contributed by atoms with Crippen LogP contribution in [0.25, 0.3) is 0 Å². The Bertz CT molecular complexity index is 2120. The van der Waals surface area contributed by atoms with Crippen LogP contribution in [0.15, 0.2) is 0 Å². The quantitative estimate of drug-likeness (QED) is 0.104. The van der Waals surface area contributed by atoms with Gasteiger partial charge in [-0.05, 0) is 55.4 Å². The molecule has 0 aliphatic carbocycles. The van der Waals surface area contributed by atoms with Gasteiger partial charge in [0.1, 0.15) is 73.2 Å². The minimum Gasteiger partial charge on any atom is -0.475 e. The third-order valence-electron chi connectivity index (χ3n) is 13.9. The predicted octanol–water partition coefficient (Wildman–Crippen LogP) is -0.300. The maximum Gasteiger partial charge on any atom is 0.490 e. The number of hydrogen-bond donors (Lipinski definition) is 5. The Morgan fingerprint density at radius 2 is 0.740 bits per heavy atom. The third-order valence-corrected chi connectivity index (χ3v) is 13.9. The first-order valence-corrected chi connectivity index (χ1v) is 25.0. The van der Waals surface area contributed by atoms with Crippen molar-refractivity contribution in [2.75, 3.05) is 35.5 Å². The van der Waals surface area contributed by atoms with Crippen molar-refractivity contribution in [2.24, 2.45) is 5.73 Å². The molecule has 0 aromatic heterocycles. The maximum atomic E-state index is 14.6. The maximum absolute atomic E-state index is 14.6. The lowest BCUT2D eigenvalue weighted by atomic mass is 9.96. The molecule has 8 aliphatic rings. The van der Waals surface area contributed by atoms with Crippen molar-refractivity contribution in [2.45, 2.75) is 233 Å².